The van der Waals surface area contributed by atoms with E-state index in [0.717, 1.165) is 24.7 Å². The van der Waals surface area contributed by atoms with Crippen LogP contribution in [-0.2, 0) is 16.6 Å². The number of hydrogen-bond donors (Lipinski definition) is 2. The Hall–Kier alpha value is -3.96. The summed E-state index contributed by atoms with van der Waals surface area (Å²) in [4.78, 5) is 32.4. The molecule has 1 fully saturated rings. The molecule has 0 unspecified atom stereocenters. The van der Waals surface area contributed by atoms with Crippen molar-refractivity contribution < 1.29 is 18.0 Å². The second-order valence-corrected chi connectivity index (χ2v) is 11.7. The van der Waals surface area contributed by atoms with E-state index in [1.165, 1.54) is 22.5 Å². The summed E-state index contributed by atoms with van der Waals surface area (Å²) >= 11 is 6.14. The zero-order chi connectivity index (χ0) is 27.6. The summed E-state index contributed by atoms with van der Waals surface area (Å²) in [7, 11) is -3.79. The number of anilines is 1. The predicted octanol–water partition coefficient (Wildman–Crippen LogP) is 3.70. The third kappa shape index (κ3) is 6.04. The van der Waals surface area contributed by atoms with E-state index in [1.807, 2.05) is 35.1 Å². The Morgan fingerprint density at radius 3 is 2.46 bits per heavy atom. The molecule has 3 heterocycles. The number of nitrogens with one attached hydrogen (secondary N) is 2. The molecule has 2 aromatic heterocycles. The van der Waals surface area contributed by atoms with Crippen LogP contribution in [0.1, 0.15) is 50.6 Å². The second-order valence-electron chi connectivity index (χ2n) is 9.48. The van der Waals surface area contributed by atoms with E-state index in [4.69, 9.17) is 11.6 Å². The van der Waals surface area contributed by atoms with Gasteiger partial charge in [0.05, 0.1) is 12.5 Å². The molecular formula is C27H27ClN6O4S. The highest BCUT2D eigenvalue weighted by molar-refractivity contribution is 7.89. The van der Waals surface area contributed by atoms with Crippen molar-refractivity contribution in [2.45, 2.75) is 25.3 Å². The topological polar surface area (TPSA) is 126 Å². The Bertz CT molecular complexity index is 1630. The van der Waals surface area contributed by atoms with E-state index >= 15 is 0 Å². The fraction of sp³-hybridized carbons (Fsp3) is 0.259. The standard InChI is InChI=1S/C27H27ClN6O4S/c1-39(37,38)32-26(35)22-17-31-34-24(22)30-16-23(25(34)29-15-18-6-5-9-21(28)14-18)27(36)33-12-10-20(11-13-33)19-7-3-2-4-8-19/h2-9,14,16-17,20,29H,10-13,15H2,1H3,(H,32,35). The van der Waals surface area contributed by atoms with Crippen LogP contribution in [0.5, 0.6) is 0 Å². The number of sulfonamides is 1. The fourth-order valence-corrected chi connectivity index (χ4v) is 5.44. The first-order valence-corrected chi connectivity index (χ1v) is 14.7. The number of aromatic nitrogens is 3. The first-order chi connectivity index (χ1) is 18.7. The number of carbonyl (C=O) groups excluding carboxylic acids is 2. The third-order valence-corrected chi connectivity index (χ3v) is 7.47. The molecule has 4 aromatic rings. The van der Waals surface area contributed by atoms with Gasteiger partial charge >= 0.3 is 0 Å². The lowest BCUT2D eigenvalue weighted by Gasteiger charge is -2.32. The summed E-state index contributed by atoms with van der Waals surface area (Å²) in [6.45, 7) is 1.50. The SMILES string of the molecule is CS(=O)(=O)NC(=O)c1cnn2c(NCc3cccc(Cl)c3)c(C(=O)N3CCC(c4ccccc4)CC3)cnc12. The number of fused-ring (bicyclic) bond motifs is 1. The van der Waals surface area contributed by atoms with Gasteiger partial charge in [0.2, 0.25) is 10.0 Å². The minimum Gasteiger partial charge on any atom is -0.365 e. The molecule has 1 aliphatic heterocycles. The van der Waals surface area contributed by atoms with Crippen LogP contribution < -0.4 is 10.0 Å². The molecule has 12 heteroatoms. The molecule has 0 bridgehead atoms. The van der Waals surface area contributed by atoms with Gasteiger partial charge in [0, 0.05) is 30.9 Å². The molecule has 39 heavy (non-hydrogen) atoms. The van der Waals surface area contributed by atoms with Crippen LogP contribution in [0.15, 0.2) is 67.0 Å². The number of nitrogens with zero attached hydrogens (tertiary/aromatic N) is 4. The zero-order valence-electron chi connectivity index (χ0n) is 21.2. The summed E-state index contributed by atoms with van der Waals surface area (Å²) in [5, 5.41) is 8.11. The van der Waals surface area contributed by atoms with Gasteiger partial charge in [-0.05, 0) is 42.0 Å². The maximum atomic E-state index is 13.7. The maximum Gasteiger partial charge on any atom is 0.270 e. The fourth-order valence-electron chi connectivity index (χ4n) is 4.79. The predicted molar refractivity (Wildman–Crippen MR) is 148 cm³/mol. The van der Waals surface area contributed by atoms with Crippen LogP contribution in [0, 0.1) is 0 Å². The molecule has 202 valence electrons. The van der Waals surface area contributed by atoms with Crippen molar-refractivity contribution in [2.75, 3.05) is 24.7 Å². The molecule has 0 spiro atoms. The lowest BCUT2D eigenvalue weighted by Crippen LogP contribution is -2.38. The Balaban J connectivity index is 1.45. The van der Waals surface area contributed by atoms with E-state index in [0.29, 0.717) is 42.0 Å². The molecule has 0 radical (unpaired) electrons. The number of hydrogen-bond acceptors (Lipinski definition) is 7. The molecule has 0 atom stereocenters. The van der Waals surface area contributed by atoms with Gasteiger partial charge in [-0.25, -0.2) is 18.1 Å². The number of halogens is 1. The lowest BCUT2D eigenvalue weighted by molar-refractivity contribution is 0.0712. The quantitative estimate of drug-likeness (QED) is 0.349. The van der Waals surface area contributed by atoms with Gasteiger partial charge in [0.25, 0.3) is 11.8 Å². The number of likely N-dealkylation sites (tertiary alicyclic amines) is 1. The minimum atomic E-state index is -3.79. The first kappa shape index (κ1) is 26.6. The van der Waals surface area contributed by atoms with Crippen LogP contribution in [-0.4, -0.2) is 59.1 Å². The van der Waals surface area contributed by atoms with E-state index in [9.17, 15) is 18.0 Å². The zero-order valence-corrected chi connectivity index (χ0v) is 22.7. The smallest absolute Gasteiger partial charge is 0.270 e. The van der Waals surface area contributed by atoms with Crippen molar-refractivity contribution in [1.29, 1.82) is 0 Å². The average Bonchev–Trinajstić information content (AvgIpc) is 3.36. The van der Waals surface area contributed by atoms with E-state index < -0.39 is 15.9 Å². The normalized spacial score (nSPS) is 14.4. The van der Waals surface area contributed by atoms with Gasteiger partial charge in [-0.3, -0.25) is 9.59 Å². The molecule has 0 saturated carbocycles. The number of amides is 2. The summed E-state index contributed by atoms with van der Waals surface area (Å²) in [5.41, 5.74) is 2.52. The van der Waals surface area contributed by atoms with Crippen LogP contribution >= 0.6 is 11.6 Å². The van der Waals surface area contributed by atoms with E-state index in [1.54, 1.807) is 17.0 Å². The molecule has 2 amide bonds. The molecule has 2 aromatic carbocycles. The Kier molecular flexibility index (Phi) is 7.53. The minimum absolute atomic E-state index is 0.0334. The highest BCUT2D eigenvalue weighted by atomic mass is 35.5. The van der Waals surface area contributed by atoms with Gasteiger partial charge in [-0.1, -0.05) is 54.1 Å². The molecule has 5 rings (SSSR count). The van der Waals surface area contributed by atoms with Crippen molar-refractivity contribution in [3.05, 3.63) is 94.3 Å². The van der Waals surface area contributed by atoms with Gasteiger partial charge < -0.3 is 10.2 Å². The van der Waals surface area contributed by atoms with Crippen molar-refractivity contribution in [2.24, 2.45) is 0 Å². The van der Waals surface area contributed by atoms with E-state index in [2.05, 4.69) is 27.5 Å². The van der Waals surface area contributed by atoms with E-state index in [-0.39, 0.29) is 17.1 Å². The second kappa shape index (κ2) is 11.0. The molecule has 0 aliphatic carbocycles. The van der Waals surface area contributed by atoms with Crippen LogP contribution in [0.4, 0.5) is 5.82 Å². The Morgan fingerprint density at radius 2 is 1.77 bits per heavy atom. The lowest BCUT2D eigenvalue weighted by atomic mass is 9.89. The molecule has 1 saturated heterocycles. The average molecular weight is 567 g/mol. The monoisotopic (exact) mass is 566 g/mol. The van der Waals surface area contributed by atoms with Crippen LogP contribution in [0.3, 0.4) is 0 Å². The molecule has 2 N–H and O–H groups in total. The summed E-state index contributed by atoms with van der Waals surface area (Å²) in [6, 6.07) is 17.6. The number of carbonyl (C=O) groups is 2. The molecular weight excluding hydrogens is 540 g/mol. The van der Waals surface area contributed by atoms with Crippen LogP contribution in [0.25, 0.3) is 5.65 Å². The van der Waals surface area contributed by atoms with Crippen molar-refractivity contribution >= 4 is 44.9 Å². The first-order valence-electron chi connectivity index (χ1n) is 12.4. The van der Waals surface area contributed by atoms with Gasteiger partial charge in [0.1, 0.15) is 16.9 Å². The molecule has 1 aliphatic rings. The maximum absolute atomic E-state index is 13.7. The summed E-state index contributed by atoms with van der Waals surface area (Å²) in [6.07, 6.45) is 5.20. The van der Waals surface area contributed by atoms with Crippen molar-refractivity contribution in [3.8, 4) is 0 Å². The van der Waals surface area contributed by atoms with Gasteiger partial charge in [-0.2, -0.15) is 9.61 Å². The highest BCUT2D eigenvalue weighted by Crippen LogP contribution is 2.30. The highest BCUT2D eigenvalue weighted by Gasteiger charge is 2.28. The molecule has 10 nitrogen and oxygen atoms in total. The number of piperidine rings is 1. The Morgan fingerprint density at radius 1 is 1.03 bits per heavy atom. The number of rotatable bonds is 7. The van der Waals surface area contributed by atoms with Gasteiger partial charge in [0.15, 0.2) is 5.65 Å². The number of benzene rings is 2. The summed E-state index contributed by atoms with van der Waals surface area (Å²) in [5.74, 6) is -0.336. The van der Waals surface area contributed by atoms with Gasteiger partial charge in [-0.15, -0.1) is 0 Å². The largest absolute Gasteiger partial charge is 0.365 e. The van der Waals surface area contributed by atoms with Crippen molar-refractivity contribution in [3.63, 3.8) is 0 Å². The van der Waals surface area contributed by atoms with Crippen LogP contribution in [0.2, 0.25) is 5.02 Å². The van der Waals surface area contributed by atoms with Crippen molar-refractivity contribution in [1.82, 2.24) is 24.2 Å². The summed E-state index contributed by atoms with van der Waals surface area (Å²) < 4.78 is 26.5. The third-order valence-electron chi connectivity index (χ3n) is 6.68. The Labute approximate surface area is 231 Å².